The zero-order valence-corrected chi connectivity index (χ0v) is 26.9. The number of nitrogen functional groups attached to an aromatic ring is 1. The van der Waals surface area contributed by atoms with Gasteiger partial charge < -0.3 is 5.73 Å². The summed E-state index contributed by atoms with van der Waals surface area (Å²) < 4.78 is 28.0. The number of hydrogen-bond donors (Lipinski definition) is 2. The fraction of sp³-hybridized carbons (Fsp3) is 0.455. The molecule has 3 N–H and O–H groups in total. The Balaban J connectivity index is 1.17. The topological polar surface area (TPSA) is 118 Å². The molecule has 10 heteroatoms. The number of aromatic nitrogens is 2. The van der Waals surface area contributed by atoms with Crippen molar-refractivity contribution in [1.82, 2.24) is 9.97 Å². The molecule has 0 aliphatic rings. The quantitative estimate of drug-likeness (QED) is 0.0778. The van der Waals surface area contributed by atoms with Crippen LogP contribution in [0.5, 0.6) is 5.75 Å². The molecule has 0 aliphatic heterocycles. The first kappa shape index (κ1) is 33.0. The van der Waals surface area contributed by atoms with Crippen molar-refractivity contribution in [1.29, 1.82) is 0 Å². The van der Waals surface area contributed by atoms with Gasteiger partial charge in [-0.05, 0) is 61.1 Å². The van der Waals surface area contributed by atoms with E-state index in [0.29, 0.717) is 64.6 Å². The molecule has 234 valence electrons. The van der Waals surface area contributed by atoms with E-state index in [1.165, 1.54) is 16.7 Å². The second kappa shape index (κ2) is 16.2. The number of fused-ring (bicyclic) bond motifs is 3. The molecule has 0 spiro atoms. The normalized spacial score (nSPS) is 12.3. The van der Waals surface area contributed by atoms with E-state index in [2.05, 4.69) is 60.2 Å². The van der Waals surface area contributed by atoms with Gasteiger partial charge in [-0.1, -0.05) is 18.2 Å². The number of ether oxygens (including phenoxy) is 3. The zero-order valence-electron chi connectivity index (χ0n) is 25.9. The van der Waals surface area contributed by atoms with Crippen LogP contribution in [0, 0.1) is 13.8 Å². The van der Waals surface area contributed by atoms with Gasteiger partial charge in [-0.3, -0.25) is 4.98 Å². The Bertz CT molecular complexity index is 1480. The van der Waals surface area contributed by atoms with E-state index in [1.807, 2.05) is 26.1 Å². The van der Waals surface area contributed by atoms with Crippen molar-refractivity contribution >= 4 is 35.6 Å². The summed E-state index contributed by atoms with van der Waals surface area (Å²) in [7, 11) is -3.05. The van der Waals surface area contributed by atoms with E-state index in [-0.39, 0.29) is 0 Å². The van der Waals surface area contributed by atoms with Crippen LogP contribution >= 0.6 is 7.94 Å². The van der Waals surface area contributed by atoms with Gasteiger partial charge in [0.2, 0.25) is 0 Å². The monoisotopic (exact) mass is 611 g/mol. The third kappa shape index (κ3) is 9.54. The maximum atomic E-state index is 10.4. The molecule has 0 bridgehead atoms. The van der Waals surface area contributed by atoms with E-state index >= 15 is 0 Å². The summed E-state index contributed by atoms with van der Waals surface area (Å²) >= 11 is 0. The molecule has 0 radical (unpaired) electrons. The first-order valence-corrected chi connectivity index (χ1v) is 17.1. The van der Waals surface area contributed by atoms with Crippen LogP contribution in [0.1, 0.15) is 42.5 Å². The van der Waals surface area contributed by atoms with Gasteiger partial charge in [-0.15, -0.1) is 0 Å². The fourth-order valence-electron chi connectivity index (χ4n) is 5.09. The molecule has 4 aromatic rings. The third-order valence-corrected chi connectivity index (χ3v) is 9.72. The van der Waals surface area contributed by atoms with Gasteiger partial charge >= 0.3 is 127 Å². The van der Waals surface area contributed by atoms with E-state index in [9.17, 15) is 4.89 Å². The standard InChI is InChI=1S/C33H46N3O6P/c1-5-41-43(37,42-6-2)19-7-14-38-15-16-39-17-18-40-28-12-11-27(25(4)21-28)10-9-26-22-30-29-13-8-24(3)20-31(29)36-33(34)32(30)35-23-26/h8,11-13,20-23,37,43H,5-7,9-10,14-19H2,1-4H3,(H2,34,36). The number of nitrogens with zero attached hydrogens (tertiary/aromatic N) is 2. The summed E-state index contributed by atoms with van der Waals surface area (Å²) in [6.07, 6.45) is 4.86. The molecule has 0 atom stereocenters. The van der Waals surface area contributed by atoms with Gasteiger partial charge in [-0.25, -0.2) is 4.98 Å². The first-order chi connectivity index (χ1) is 20.8. The van der Waals surface area contributed by atoms with Crippen molar-refractivity contribution < 1.29 is 28.2 Å². The Hall–Kier alpha value is -2.91. The number of rotatable bonds is 18. The number of aryl methyl sites for hydroxylation is 4. The third-order valence-electron chi connectivity index (χ3n) is 7.26. The van der Waals surface area contributed by atoms with Crippen LogP contribution in [0.2, 0.25) is 0 Å². The van der Waals surface area contributed by atoms with Gasteiger partial charge in [0.05, 0.1) is 5.52 Å². The van der Waals surface area contributed by atoms with Crippen molar-refractivity contribution in [2.24, 2.45) is 0 Å². The SMILES string of the molecule is CCO[PH](O)(CCCOCCOCCOc1ccc(CCc2cnc3c(N)nc4cc(C)ccc4c3c2)c(C)c1)OCC. The summed E-state index contributed by atoms with van der Waals surface area (Å²) in [5.74, 6) is 1.30. The predicted octanol–water partition coefficient (Wildman–Crippen LogP) is 6.13. The Labute approximate surface area is 255 Å². The zero-order chi connectivity index (χ0) is 30.7. The van der Waals surface area contributed by atoms with Gasteiger partial charge in [0.25, 0.3) is 0 Å². The van der Waals surface area contributed by atoms with E-state index in [0.717, 1.165) is 46.0 Å². The van der Waals surface area contributed by atoms with Crippen LogP contribution in [0.15, 0.2) is 48.7 Å². The molecule has 0 saturated carbocycles. The molecule has 0 amide bonds. The molecule has 0 unspecified atom stereocenters. The number of nitrogens with two attached hydrogens (primary N) is 1. The molecule has 0 fully saturated rings. The maximum absolute atomic E-state index is 10.4. The van der Waals surface area contributed by atoms with Crippen molar-refractivity contribution in [3.8, 4) is 5.75 Å². The van der Waals surface area contributed by atoms with E-state index in [1.54, 1.807) is 0 Å². The molecule has 4 rings (SSSR count). The van der Waals surface area contributed by atoms with E-state index < -0.39 is 7.94 Å². The molecule has 9 nitrogen and oxygen atoms in total. The van der Waals surface area contributed by atoms with Crippen LogP contribution in [0.3, 0.4) is 0 Å². The van der Waals surface area contributed by atoms with Gasteiger partial charge in [0.1, 0.15) is 5.52 Å². The summed E-state index contributed by atoms with van der Waals surface area (Å²) in [5, 5.41) is 2.12. The second-order valence-corrected chi connectivity index (χ2v) is 13.1. The summed E-state index contributed by atoms with van der Waals surface area (Å²) in [5.41, 5.74) is 12.7. The predicted molar refractivity (Wildman–Crippen MR) is 175 cm³/mol. The molecule has 0 saturated heterocycles. The van der Waals surface area contributed by atoms with Crippen LogP contribution in [-0.4, -0.2) is 67.3 Å². The summed E-state index contributed by atoms with van der Waals surface area (Å²) in [4.78, 5) is 19.6. The van der Waals surface area contributed by atoms with Gasteiger partial charge in [0.15, 0.2) is 5.82 Å². The molecule has 2 aromatic carbocycles. The summed E-state index contributed by atoms with van der Waals surface area (Å²) in [6.45, 7) is 11.2. The average Bonchev–Trinajstić information content (AvgIpc) is 2.97. The number of hydrogen-bond acceptors (Lipinski definition) is 9. The van der Waals surface area contributed by atoms with Crippen LogP contribution < -0.4 is 10.5 Å². The van der Waals surface area contributed by atoms with Crippen LogP contribution in [-0.2, 0) is 31.4 Å². The van der Waals surface area contributed by atoms with E-state index in [4.69, 9.17) is 29.0 Å². The summed E-state index contributed by atoms with van der Waals surface area (Å²) in [6, 6.07) is 14.7. The number of anilines is 1. The van der Waals surface area contributed by atoms with Gasteiger partial charge in [-0.2, -0.15) is 0 Å². The Kier molecular flexibility index (Phi) is 12.5. The Morgan fingerprint density at radius 2 is 1.58 bits per heavy atom. The Morgan fingerprint density at radius 1 is 0.837 bits per heavy atom. The number of pyridine rings is 2. The van der Waals surface area contributed by atoms with Crippen molar-refractivity contribution in [2.45, 2.75) is 47.0 Å². The average molecular weight is 612 g/mol. The molecular weight excluding hydrogens is 565 g/mol. The van der Waals surface area contributed by atoms with Gasteiger partial charge in [0, 0.05) is 17.0 Å². The molecule has 0 aliphatic carbocycles. The minimum atomic E-state index is -3.05. The molecule has 2 aromatic heterocycles. The molecule has 2 heterocycles. The van der Waals surface area contributed by atoms with Crippen LogP contribution in [0.25, 0.3) is 21.8 Å². The number of benzene rings is 2. The molecule has 43 heavy (non-hydrogen) atoms. The molecular formula is C33H46N3O6P. The van der Waals surface area contributed by atoms with Crippen molar-refractivity contribution in [3.05, 3.63) is 70.9 Å². The van der Waals surface area contributed by atoms with Crippen molar-refractivity contribution in [2.75, 3.05) is 58.1 Å². The van der Waals surface area contributed by atoms with Crippen LogP contribution in [0.4, 0.5) is 5.82 Å². The fourth-order valence-corrected chi connectivity index (χ4v) is 6.96. The Morgan fingerprint density at radius 3 is 2.33 bits per heavy atom. The first-order valence-electron chi connectivity index (χ1n) is 15.1. The minimum absolute atomic E-state index is 0.444. The van der Waals surface area contributed by atoms with Crippen molar-refractivity contribution in [3.63, 3.8) is 0 Å². The second-order valence-electron chi connectivity index (χ2n) is 10.6.